The van der Waals surface area contributed by atoms with Gasteiger partial charge in [0.1, 0.15) is 12.0 Å². The third kappa shape index (κ3) is 4.60. The van der Waals surface area contributed by atoms with E-state index in [0.717, 1.165) is 6.29 Å². The van der Waals surface area contributed by atoms with Gasteiger partial charge in [0.2, 0.25) is 5.91 Å². The van der Waals surface area contributed by atoms with Gasteiger partial charge in [-0.1, -0.05) is 12.2 Å². The molecule has 1 saturated heterocycles. The highest BCUT2D eigenvalue weighted by atomic mass is 16.6. The van der Waals surface area contributed by atoms with E-state index in [1.54, 1.807) is 7.05 Å². The molecule has 3 rings (SSSR count). The first-order chi connectivity index (χ1) is 13.9. The first kappa shape index (κ1) is 20.5. The number of aldehydes is 1. The summed E-state index contributed by atoms with van der Waals surface area (Å²) in [5.74, 6) is -0.945. The lowest BCUT2D eigenvalue weighted by Crippen LogP contribution is -2.42. The molecule has 0 spiro atoms. The second-order valence-electron chi connectivity index (χ2n) is 6.87. The minimum Gasteiger partial charge on any atom is -0.410 e. The molecule has 1 aromatic rings. The molecule has 4 unspecified atom stereocenters. The second-order valence-corrected chi connectivity index (χ2v) is 6.87. The van der Waals surface area contributed by atoms with Gasteiger partial charge in [0.15, 0.2) is 0 Å². The van der Waals surface area contributed by atoms with Crippen LogP contribution in [0.4, 0.5) is 10.5 Å². The summed E-state index contributed by atoms with van der Waals surface area (Å²) < 4.78 is 10.6. The smallest absolute Gasteiger partial charge is 0.410 e. The number of amides is 2. The van der Waals surface area contributed by atoms with Gasteiger partial charge in [0, 0.05) is 32.3 Å². The number of carbonyl (C=O) groups is 3. The highest BCUT2D eigenvalue weighted by Crippen LogP contribution is 2.38. The SMILES string of the molecule is CN(CCCNC(=O)Oc1ccc([N+](=O)[O-])cc1)C(=O)C1C2C=CC(O2)C1C=O. The van der Waals surface area contributed by atoms with Gasteiger partial charge in [-0.15, -0.1) is 0 Å². The number of fused-ring (bicyclic) bond motifs is 2. The van der Waals surface area contributed by atoms with Gasteiger partial charge >= 0.3 is 6.09 Å². The Kier molecular flexibility index (Phi) is 6.23. The molecule has 1 N–H and O–H groups in total. The van der Waals surface area contributed by atoms with Crippen LogP contribution >= 0.6 is 0 Å². The van der Waals surface area contributed by atoms with E-state index in [-0.39, 0.29) is 36.1 Å². The largest absolute Gasteiger partial charge is 0.412 e. The average molecular weight is 403 g/mol. The molecule has 1 aromatic carbocycles. The van der Waals surface area contributed by atoms with Crippen molar-refractivity contribution in [3.05, 3.63) is 46.5 Å². The molecule has 154 valence electrons. The number of nitro benzene ring substituents is 1. The summed E-state index contributed by atoms with van der Waals surface area (Å²) in [6.07, 6.45) is 3.52. The quantitative estimate of drug-likeness (QED) is 0.228. The van der Waals surface area contributed by atoms with E-state index >= 15 is 0 Å². The van der Waals surface area contributed by atoms with E-state index in [1.807, 2.05) is 12.2 Å². The number of hydrogen-bond donors (Lipinski definition) is 1. The van der Waals surface area contributed by atoms with Crippen molar-refractivity contribution in [2.45, 2.75) is 18.6 Å². The first-order valence-electron chi connectivity index (χ1n) is 9.15. The molecule has 10 nitrogen and oxygen atoms in total. The lowest BCUT2D eigenvalue weighted by molar-refractivity contribution is -0.384. The second kappa shape index (κ2) is 8.82. The molecule has 0 aromatic heterocycles. The number of carbonyl (C=O) groups excluding carboxylic acids is 3. The zero-order valence-electron chi connectivity index (χ0n) is 15.7. The minimum atomic E-state index is -0.694. The Bertz CT molecular complexity index is 824. The number of benzene rings is 1. The molecule has 2 bridgehead atoms. The van der Waals surface area contributed by atoms with E-state index in [0.29, 0.717) is 13.0 Å². The van der Waals surface area contributed by atoms with Crippen LogP contribution in [-0.2, 0) is 14.3 Å². The van der Waals surface area contributed by atoms with E-state index < -0.39 is 22.9 Å². The predicted molar refractivity (Wildman–Crippen MR) is 100 cm³/mol. The molecule has 2 aliphatic heterocycles. The fourth-order valence-electron chi connectivity index (χ4n) is 3.46. The van der Waals surface area contributed by atoms with Crippen LogP contribution in [0.2, 0.25) is 0 Å². The first-order valence-corrected chi connectivity index (χ1v) is 9.15. The summed E-state index contributed by atoms with van der Waals surface area (Å²) in [5, 5.41) is 13.2. The zero-order chi connectivity index (χ0) is 21.0. The summed E-state index contributed by atoms with van der Waals surface area (Å²) in [4.78, 5) is 47.3. The van der Waals surface area contributed by atoms with Crippen LogP contribution < -0.4 is 10.1 Å². The van der Waals surface area contributed by atoms with Crippen LogP contribution in [0.1, 0.15) is 6.42 Å². The maximum Gasteiger partial charge on any atom is 0.412 e. The Balaban J connectivity index is 1.39. The van der Waals surface area contributed by atoms with Gasteiger partial charge in [-0.3, -0.25) is 14.9 Å². The zero-order valence-corrected chi connectivity index (χ0v) is 15.7. The summed E-state index contributed by atoms with van der Waals surface area (Å²) in [5.41, 5.74) is -0.0985. The van der Waals surface area contributed by atoms with E-state index in [4.69, 9.17) is 9.47 Å². The number of nitrogens with one attached hydrogen (secondary N) is 1. The fourth-order valence-corrected chi connectivity index (χ4v) is 3.46. The van der Waals surface area contributed by atoms with Crippen molar-refractivity contribution in [1.29, 1.82) is 0 Å². The normalized spacial score (nSPS) is 24.2. The number of hydrogen-bond acceptors (Lipinski definition) is 7. The van der Waals surface area contributed by atoms with Gasteiger partial charge in [0.05, 0.1) is 29.0 Å². The van der Waals surface area contributed by atoms with Crippen LogP contribution in [-0.4, -0.2) is 60.5 Å². The van der Waals surface area contributed by atoms with Crippen LogP contribution in [0.25, 0.3) is 0 Å². The van der Waals surface area contributed by atoms with Crippen molar-refractivity contribution in [2.75, 3.05) is 20.1 Å². The van der Waals surface area contributed by atoms with Gasteiger partial charge in [-0.2, -0.15) is 0 Å². The number of non-ortho nitro benzene ring substituents is 1. The highest BCUT2D eigenvalue weighted by molar-refractivity contribution is 5.84. The Morgan fingerprint density at radius 2 is 1.97 bits per heavy atom. The Morgan fingerprint density at radius 3 is 2.62 bits per heavy atom. The molecule has 4 atom stereocenters. The van der Waals surface area contributed by atoms with Gasteiger partial charge in [0.25, 0.3) is 5.69 Å². The molecular formula is C19H21N3O7. The predicted octanol–water partition coefficient (Wildman–Crippen LogP) is 1.30. The number of nitrogens with zero attached hydrogens (tertiary/aromatic N) is 2. The maximum absolute atomic E-state index is 12.6. The molecule has 2 aliphatic rings. The molecular weight excluding hydrogens is 382 g/mol. The van der Waals surface area contributed by atoms with Crippen LogP contribution in [0.15, 0.2) is 36.4 Å². The molecule has 2 amide bonds. The molecule has 2 heterocycles. The van der Waals surface area contributed by atoms with Crippen molar-refractivity contribution in [2.24, 2.45) is 11.8 Å². The summed E-state index contributed by atoms with van der Waals surface area (Å²) >= 11 is 0. The summed E-state index contributed by atoms with van der Waals surface area (Å²) in [6.45, 7) is 0.660. The lowest BCUT2D eigenvalue weighted by Gasteiger charge is -2.26. The van der Waals surface area contributed by atoms with Crippen molar-refractivity contribution in [1.82, 2.24) is 10.2 Å². The molecule has 29 heavy (non-hydrogen) atoms. The lowest BCUT2D eigenvalue weighted by atomic mass is 9.83. The Hall–Kier alpha value is -3.27. The monoisotopic (exact) mass is 403 g/mol. The van der Waals surface area contributed by atoms with Crippen molar-refractivity contribution >= 4 is 24.0 Å². The average Bonchev–Trinajstić information content (AvgIpc) is 3.32. The fraction of sp³-hybridized carbons (Fsp3) is 0.421. The maximum atomic E-state index is 12.6. The number of rotatable bonds is 8. The van der Waals surface area contributed by atoms with Crippen molar-refractivity contribution < 1.29 is 28.8 Å². The van der Waals surface area contributed by atoms with Crippen LogP contribution in [0, 0.1) is 22.0 Å². The molecule has 0 saturated carbocycles. The van der Waals surface area contributed by atoms with Gasteiger partial charge < -0.3 is 24.5 Å². The van der Waals surface area contributed by atoms with Gasteiger partial charge in [-0.25, -0.2) is 4.79 Å². The number of ether oxygens (including phenoxy) is 2. The van der Waals surface area contributed by atoms with Crippen LogP contribution in [0.5, 0.6) is 5.75 Å². The third-order valence-electron chi connectivity index (χ3n) is 4.97. The topological polar surface area (TPSA) is 128 Å². The third-order valence-corrected chi connectivity index (χ3v) is 4.97. The van der Waals surface area contributed by atoms with Crippen molar-refractivity contribution in [3.8, 4) is 5.75 Å². The standard InChI is InChI=1S/C19H21N3O7/c1-21(18(24)17-14(11-23)15-7-8-16(17)29-15)10-2-9-20-19(25)28-13-5-3-12(4-6-13)22(26)27/h3-8,11,14-17H,2,9-10H2,1H3,(H,20,25). The summed E-state index contributed by atoms with van der Waals surface area (Å²) in [6, 6.07) is 5.15. The molecule has 10 heteroatoms. The number of nitro groups is 1. The minimum absolute atomic E-state index is 0.0985. The van der Waals surface area contributed by atoms with E-state index in [1.165, 1.54) is 29.2 Å². The Labute approximate surface area is 166 Å². The molecule has 1 fully saturated rings. The van der Waals surface area contributed by atoms with Crippen molar-refractivity contribution in [3.63, 3.8) is 0 Å². The van der Waals surface area contributed by atoms with E-state index in [2.05, 4.69) is 5.32 Å². The summed E-state index contributed by atoms with van der Waals surface area (Å²) in [7, 11) is 1.65. The van der Waals surface area contributed by atoms with Crippen LogP contribution in [0.3, 0.4) is 0 Å². The Morgan fingerprint density at radius 1 is 1.28 bits per heavy atom. The molecule has 0 radical (unpaired) electrons. The molecule has 0 aliphatic carbocycles. The van der Waals surface area contributed by atoms with E-state index in [9.17, 15) is 24.5 Å². The van der Waals surface area contributed by atoms with Gasteiger partial charge in [-0.05, 0) is 18.6 Å². The highest BCUT2D eigenvalue weighted by Gasteiger charge is 2.50.